The van der Waals surface area contributed by atoms with Crippen molar-refractivity contribution in [3.05, 3.63) is 77.8 Å². The number of carboxylic acids is 2. The predicted octanol–water partition coefficient (Wildman–Crippen LogP) is 3.83. The van der Waals surface area contributed by atoms with Gasteiger partial charge >= 0.3 is 18.1 Å². The second-order valence-corrected chi connectivity index (χ2v) is 13.1. The number of unbranched alkanes of at least 4 members (excludes halogenated alkanes) is 1. The van der Waals surface area contributed by atoms with Crippen LogP contribution in [0.3, 0.4) is 0 Å². The van der Waals surface area contributed by atoms with Gasteiger partial charge < -0.3 is 41.6 Å². The van der Waals surface area contributed by atoms with Crippen LogP contribution in [0.4, 0.5) is 22.0 Å². The van der Waals surface area contributed by atoms with E-state index >= 15 is 0 Å². The van der Waals surface area contributed by atoms with Gasteiger partial charge in [-0.15, -0.1) is 0 Å². The van der Waals surface area contributed by atoms with E-state index in [1.165, 1.54) is 4.90 Å². The first-order valence-corrected chi connectivity index (χ1v) is 16.5. The van der Waals surface area contributed by atoms with E-state index in [0.717, 1.165) is 23.8 Å². The minimum Gasteiger partial charge on any atom is -0.480 e. The van der Waals surface area contributed by atoms with Crippen LogP contribution in [0.15, 0.2) is 54.7 Å². The number of benzene rings is 2. The standard InChI is InChI=1S/C33H44F2N6O5.C2HF3O2/c1-33(2,3)29(41(28(43)20-42)16-14-25(37)31(44)39-26(32(45)46)11-7-8-15-36)30-38-27(23-17-22(34)12-13-24(23)35)19-40(30)18-21-9-5-4-6-10-21;3-2(4,5)1(6)7/h4-6,9-10,12-13,17,19,25-26,29,42H,7-8,11,14-16,18,20,36-37H2,1-3H3,(H,39,44)(H,45,46);(H,6,7)/t25-,26-,29-;/m0./s1. The van der Waals surface area contributed by atoms with Gasteiger partial charge in [0.15, 0.2) is 0 Å². The van der Waals surface area contributed by atoms with Crippen LogP contribution >= 0.6 is 0 Å². The van der Waals surface area contributed by atoms with Gasteiger partial charge in [0.1, 0.15) is 30.1 Å². The molecule has 0 radical (unpaired) electrons. The molecule has 0 aliphatic heterocycles. The molecule has 3 rings (SSSR count). The number of carbonyl (C=O) groups excluding carboxylic acids is 2. The van der Waals surface area contributed by atoms with Gasteiger partial charge in [-0.05, 0) is 61.4 Å². The summed E-state index contributed by atoms with van der Waals surface area (Å²) in [6.07, 6.45) is -2.26. The van der Waals surface area contributed by atoms with Crippen molar-refractivity contribution in [1.29, 1.82) is 0 Å². The Morgan fingerprint density at radius 3 is 2.13 bits per heavy atom. The van der Waals surface area contributed by atoms with Gasteiger partial charge in [-0.3, -0.25) is 9.59 Å². The number of imidazole rings is 1. The lowest BCUT2D eigenvalue weighted by Gasteiger charge is -2.40. The lowest BCUT2D eigenvalue weighted by Crippen LogP contribution is -2.50. The molecule has 0 unspecified atom stereocenters. The third-order valence-electron chi connectivity index (χ3n) is 7.86. The summed E-state index contributed by atoms with van der Waals surface area (Å²) in [5.41, 5.74) is 11.9. The third-order valence-corrected chi connectivity index (χ3v) is 7.86. The molecule has 0 saturated heterocycles. The number of aliphatic carboxylic acids is 2. The molecule has 2 aromatic carbocycles. The highest BCUT2D eigenvalue weighted by molar-refractivity contribution is 5.86. The summed E-state index contributed by atoms with van der Waals surface area (Å²) in [4.78, 5) is 52.9. The summed E-state index contributed by atoms with van der Waals surface area (Å²) in [6, 6.07) is 9.32. The molecule has 2 amide bonds. The molecular formula is C35H45F5N6O7. The Hall–Kier alpha value is -4.94. The number of amides is 2. The summed E-state index contributed by atoms with van der Waals surface area (Å²) < 4.78 is 62.6. The first-order chi connectivity index (χ1) is 24.7. The van der Waals surface area contributed by atoms with E-state index < -0.39 is 71.7 Å². The van der Waals surface area contributed by atoms with Crippen molar-refractivity contribution in [2.24, 2.45) is 16.9 Å². The van der Waals surface area contributed by atoms with E-state index in [9.17, 15) is 46.5 Å². The first kappa shape index (κ1) is 44.2. The number of carboxylic acid groups (broad SMARTS) is 2. The van der Waals surface area contributed by atoms with E-state index in [-0.39, 0.29) is 37.2 Å². The Balaban J connectivity index is 0.00000126. The van der Waals surface area contributed by atoms with Gasteiger partial charge in [0, 0.05) is 24.8 Å². The van der Waals surface area contributed by atoms with Crippen molar-refractivity contribution < 1.29 is 56.4 Å². The zero-order valence-corrected chi connectivity index (χ0v) is 29.4. The third kappa shape index (κ3) is 13.5. The number of rotatable bonds is 16. The van der Waals surface area contributed by atoms with Crippen LogP contribution in [0, 0.1) is 17.0 Å². The van der Waals surface area contributed by atoms with Gasteiger partial charge in [0.05, 0.1) is 17.8 Å². The molecule has 0 aliphatic rings. The average Bonchev–Trinajstić information content (AvgIpc) is 3.48. The second kappa shape index (κ2) is 19.8. The van der Waals surface area contributed by atoms with Crippen molar-refractivity contribution in [1.82, 2.24) is 19.8 Å². The molecule has 1 heterocycles. The monoisotopic (exact) mass is 756 g/mol. The molecular weight excluding hydrogens is 711 g/mol. The summed E-state index contributed by atoms with van der Waals surface area (Å²) >= 11 is 0. The molecule has 0 aliphatic carbocycles. The number of aliphatic hydroxyl groups excluding tert-OH is 1. The maximum Gasteiger partial charge on any atom is 0.490 e. The largest absolute Gasteiger partial charge is 0.490 e. The molecule has 0 bridgehead atoms. The number of hydrogen-bond acceptors (Lipinski definition) is 8. The topological polar surface area (TPSA) is 214 Å². The number of carbonyl (C=O) groups is 4. The van der Waals surface area contributed by atoms with E-state index in [4.69, 9.17) is 26.4 Å². The van der Waals surface area contributed by atoms with E-state index in [1.54, 1.807) is 10.8 Å². The number of aromatic nitrogens is 2. The van der Waals surface area contributed by atoms with Crippen molar-refractivity contribution in [2.75, 3.05) is 19.7 Å². The van der Waals surface area contributed by atoms with Crippen molar-refractivity contribution in [2.45, 2.75) is 77.3 Å². The van der Waals surface area contributed by atoms with Crippen molar-refractivity contribution >= 4 is 23.8 Å². The lowest BCUT2D eigenvalue weighted by atomic mass is 9.84. The highest BCUT2D eigenvalue weighted by Gasteiger charge is 2.39. The quantitative estimate of drug-likeness (QED) is 0.0918. The fraction of sp³-hybridized carbons (Fsp3) is 0.457. The number of nitrogens with two attached hydrogens (primary N) is 2. The Bertz CT molecular complexity index is 1680. The maximum atomic E-state index is 14.9. The smallest absolute Gasteiger partial charge is 0.480 e. The second-order valence-electron chi connectivity index (χ2n) is 13.1. The zero-order valence-electron chi connectivity index (χ0n) is 29.4. The molecule has 292 valence electrons. The van der Waals surface area contributed by atoms with E-state index in [1.807, 2.05) is 51.1 Å². The van der Waals surface area contributed by atoms with E-state index in [0.29, 0.717) is 25.2 Å². The minimum atomic E-state index is -5.08. The molecule has 53 heavy (non-hydrogen) atoms. The summed E-state index contributed by atoms with van der Waals surface area (Å²) in [5, 5.41) is 29.1. The molecule has 0 spiro atoms. The number of nitrogens with zero attached hydrogens (tertiary/aromatic N) is 3. The zero-order chi connectivity index (χ0) is 40.1. The molecule has 3 atom stereocenters. The van der Waals surface area contributed by atoms with Crippen LogP contribution in [-0.4, -0.2) is 91.5 Å². The van der Waals surface area contributed by atoms with E-state index in [2.05, 4.69) is 5.32 Å². The average molecular weight is 757 g/mol. The molecule has 13 nitrogen and oxygen atoms in total. The number of hydrogen-bond donors (Lipinski definition) is 6. The Morgan fingerprint density at radius 2 is 1.60 bits per heavy atom. The molecule has 18 heteroatoms. The number of halogens is 5. The first-order valence-electron chi connectivity index (χ1n) is 16.5. The van der Waals surface area contributed by atoms with Crippen LogP contribution in [0.25, 0.3) is 11.3 Å². The highest BCUT2D eigenvalue weighted by atomic mass is 19.4. The highest BCUT2D eigenvalue weighted by Crippen LogP contribution is 2.39. The Labute approximate surface area is 302 Å². The van der Waals surface area contributed by atoms with Crippen LogP contribution in [-0.2, 0) is 25.7 Å². The predicted molar refractivity (Wildman–Crippen MR) is 183 cm³/mol. The van der Waals surface area contributed by atoms with Crippen molar-refractivity contribution in [3.8, 4) is 11.3 Å². The number of alkyl halides is 3. The van der Waals surface area contributed by atoms with Crippen LogP contribution in [0.5, 0.6) is 0 Å². The minimum absolute atomic E-state index is 0.0566. The van der Waals surface area contributed by atoms with Gasteiger partial charge in [0.25, 0.3) is 0 Å². The fourth-order valence-corrected chi connectivity index (χ4v) is 5.30. The molecule has 3 aromatic rings. The Morgan fingerprint density at radius 1 is 0.981 bits per heavy atom. The summed E-state index contributed by atoms with van der Waals surface area (Å²) in [7, 11) is 0. The Kier molecular flexibility index (Phi) is 16.5. The van der Waals surface area contributed by atoms with Crippen molar-refractivity contribution in [3.63, 3.8) is 0 Å². The van der Waals surface area contributed by atoms with Crippen LogP contribution < -0.4 is 16.8 Å². The van der Waals surface area contributed by atoms with Gasteiger partial charge in [-0.1, -0.05) is 51.1 Å². The molecule has 0 fully saturated rings. The summed E-state index contributed by atoms with van der Waals surface area (Å²) in [5.74, 6) is -6.28. The number of aliphatic hydroxyl groups is 1. The van der Waals surface area contributed by atoms with Crippen LogP contribution in [0.2, 0.25) is 0 Å². The molecule has 8 N–H and O–H groups in total. The summed E-state index contributed by atoms with van der Waals surface area (Å²) in [6.45, 7) is 5.34. The maximum absolute atomic E-state index is 14.9. The molecule has 0 saturated carbocycles. The van der Waals surface area contributed by atoms with Gasteiger partial charge in [0.2, 0.25) is 11.8 Å². The molecule has 1 aromatic heterocycles. The normalized spacial score (nSPS) is 13.3. The lowest BCUT2D eigenvalue weighted by molar-refractivity contribution is -0.192. The fourth-order valence-electron chi connectivity index (χ4n) is 5.30. The number of nitrogens with one attached hydrogen (secondary N) is 1. The van der Waals surface area contributed by atoms with Gasteiger partial charge in [-0.25, -0.2) is 23.4 Å². The SMILES string of the molecule is CC(C)(C)[C@H](c1nc(-c2cc(F)ccc2F)cn1Cc1ccccc1)N(CC[C@H](N)C(=O)N[C@@H](CCCCN)C(=O)O)C(=O)CO.O=C(O)C(F)(F)F. The van der Waals surface area contributed by atoms with Gasteiger partial charge in [-0.2, -0.15) is 13.2 Å². The van der Waals surface area contributed by atoms with Crippen LogP contribution in [0.1, 0.15) is 63.9 Å².